The second-order valence-electron chi connectivity index (χ2n) is 13.9. The van der Waals surface area contributed by atoms with Gasteiger partial charge in [0, 0.05) is 50.6 Å². The van der Waals surface area contributed by atoms with E-state index >= 15 is 0 Å². The Bertz CT molecular complexity index is 2640. The minimum Gasteiger partial charge on any atom is -0.501 e. The standard InChI is InChI=1S/C34H28NO.C17H12N.Ir/c1-23(24-11-6-4-7-12-24)25-17-18-28-29-15-10-16-30(33(29)36-32(28)21-25)31-22-27(19-20-35-31)34(2,3)26-13-8-5-9-14-26;1-2-7-14(8-3-1)15-9-6-10-16(13-15)17-11-4-5-12-18-17;/h4-15,17-23H,1-3H3;1-9,11-13H;/q2*-1;/i23D;;. The van der Waals surface area contributed by atoms with Gasteiger partial charge in [0.1, 0.15) is 5.58 Å². The van der Waals surface area contributed by atoms with Crippen molar-refractivity contribution in [2.45, 2.75) is 32.1 Å². The second kappa shape index (κ2) is 16.6. The monoisotopic (exact) mass is 890 g/mol. The molecule has 55 heavy (non-hydrogen) atoms. The predicted molar refractivity (Wildman–Crippen MR) is 222 cm³/mol. The molecule has 271 valence electrons. The number of furan rings is 1. The van der Waals surface area contributed by atoms with Gasteiger partial charge in [-0.05, 0) is 57.4 Å². The molecular formula is C51H40IrN2O-2. The van der Waals surface area contributed by atoms with Crippen LogP contribution < -0.4 is 0 Å². The average molecular weight is 890 g/mol. The fourth-order valence-electron chi connectivity index (χ4n) is 6.94. The topological polar surface area (TPSA) is 38.9 Å². The Balaban J connectivity index is 0.000000212. The molecule has 0 aliphatic carbocycles. The Labute approximate surface area is 338 Å². The van der Waals surface area contributed by atoms with Crippen LogP contribution in [0.3, 0.4) is 0 Å². The molecule has 1 radical (unpaired) electrons. The summed E-state index contributed by atoms with van der Waals surface area (Å²) in [6, 6.07) is 63.8. The number of rotatable bonds is 7. The Hall–Kier alpha value is -5.93. The van der Waals surface area contributed by atoms with E-state index in [2.05, 4.69) is 97.7 Å². The van der Waals surface area contributed by atoms with E-state index in [1.54, 1.807) is 6.20 Å². The van der Waals surface area contributed by atoms with Gasteiger partial charge in [0.25, 0.3) is 0 Å². The maximum Gasteiger partial charge on any atom is 0.121 e. The summed E-state index contributed by atoms with van der Waals surface area (Å²) in [4.78, 5) is 9.06. The van der Waals surface area contributed by atoms with Crippen molar-refractivity contribution in [2.24, 2.45) is 0 Å². The second-order valence-corrected chi connectivity index (χ2v) is 13.9. The Morgan fingerprint density at radius 2 is 1.27 bits per heavy atom. The zero-order valence-corrected chi connectivity index (χ0v) is 33.4. The molecule has 3 aromatic heterocycles. The molecule has 0 aliphatic heterocycles. The summed E-state index contributed by atoms with van der Waals surface area (Å²) in [6.45, 7) is 6.40. The minimum absolute atomic E-state index is 0. The smallest absolute Gasteiger partial charge is 0.121 e. The molecule has 0 fully saturated rings. The van der Waals surface area contributed by atoms with Crippen LogP contribution in [0, 0.1) is 12.1 Å². The van der Waals surface area contributed by atoms with Crippen LogP contribution in [0.4, 0.5) is 0 Å². The van der Waals surface area contributed by atoms with E-state index in [4.69, 9.17) is 10.8 Å². The largest absolute Gasteiger partial charge is 0.501 e. The van der Waals surface area contributed by atoms with Gasteiger partial charge < -0.3 is 14.4 Å². The average Bonchev–Trinajstić information content (AvgIpc) is 3.64. The number of hydrogen-bond acceptors (Lipinski definition) is 3. The molecule has 4 heteroatoms. The van der Waals surface area contributed by atoms with Gasteiger partial charge in [-0.1, -0.05) is 153 Å². The fourth-order valence-corrected chi connectivity index (χ4v) is 6.94. The van der Waals surface area contributed by atoms with Gasteiger partial charge in [0.2, 0.25) is 0 Å². The Morgan fingerprint density at radius 1 is 0.582 bits per heavy atom. The molecule has 3 nitrogen and oxygen atoms in total. The van der Waals surface area contributed by atoms with E-state index in [1.807, 2.05) is 116 Å². The molecule has 0 saturated heterocycles. The van der Waals surface area contributed by atoms with E-state index in [1.165, 1.54) is 22.3 Å². The molecule has 0 aliphatic rings. The number of hydrogen-bond donors (Lipinski definition) is 0. The van der Waals surface area contributed by atoms with Crippen LogP contribution in [0.1, 0.15) is 50.3 Å². The molecule has 0 spiro atoms. The van der Waals surface area contributed by atoms with Gasteiger partial charge in [-0.3, -0.25) is 0 Å². The van der Waals surface area contributed by atoms with Crippen LogP contribution in [0.15, 0.2) is 187 Å². The molecule has 0 bridgehead atoms. The van der Waals surface area contributed by atoms with Crippen molar-refractivity contribution in [1.29, 1.82) is 0 Å². The fraction of sp³-hybridized carbons (Fsp3) is 0.0980. The van der Waals surface area contributed by atoms with Crippen LogP contribution in [-0.4, -0.2) is 9.97 Å². The summed E-state index contributed by atoms with van der Waals surface area (Å²) in [5.74, 6) is -0.887. The normalized spacial score (nSPS) is 12.5. The maximum atomic E-state index is 9.09. The number of fused-ring (bicyclic) bond motifs is 3. The molecule has 9 aromatic rings. The summed E-state index contributed by atoms with van der Waals surface area (Å²) in [5.41, 5.74) is 11.7. The zero-order chi connectivity index (χ0) is 37.8. The molecule has 0 amide bonds. The molecule has 0 N–H and O–H groups in total. The van der Waals surface area contributed by atoms with Crippen LogP contribution >= 0.6 is 0 Å². The molecule has 6 aromatic carbocycles. The van der Waals surface area contributed by atoms with Crippen molar-refractivity contribution in [1.82, 2.24) is 9.97 Å². The third-order valence-corrected chi connectivity index (χ3v) is 10.2. The van der Waals surface area contributed by atoms with Crippen LogP contribution in [0.2, 0.25) is 0 Å². The van der Waals surface area contributed by atoms with Gasteiger partial charge in [-0.25, -0.2) is 0 Å². The first-order valence-corrected chi connectivity index (χ1v) is 18.2. The van der Waals surface area contributed by atoms with Crippen molar-refractivity contribution in [3.05, 3.63) is 217 Å². The van der Waals surface area contributed by atoms with Gasteiger partial charge in [0.05, 0.1) is 5.58 Å². The van der Waals surface area contributed by atoms with Crippen LogP contribution in [0.5, 0.6) is 0 Å². The Kier molecular flexibility index (Phi) is 10.9. The van der Waals surface area contributed by atoms with E-state index in [0.29, 0.717) is 0 Å². The van der Waals surface area contributed by atoms with Gasteiger partial charge >= 0.3 is 0 Å². The van der Waals surface area contributed by atoms with Crippen molar-refractivity contribution in [2.75, 3.05) is 0 Å². The molecule has 9 rings (SSSR count). The van der Waals surface area contributed by atoms with Gasteiger partial charge in [0.15, 0.2) is 0 Å². The Morgan fingerprint density at radius 3 is 2.02 bits per heavy atom. The summed E-state index contributed by atoms with van der Waals surface area (Å²) >= 11 is 0. The van der Waals surface area contributed by atoms with Crippen molar-refractivity contribution >= 4 is 21.9 Å². The molecule has 0 saturated carbocycles. The number of aromatic nitrogens is 2. The minimum atomic E-state index is -0.887. The summed E-state index contributed by atoms with van der Waals surface area (Å²) in [6.07, 6.45) is 3.67. The molecule has 1 unspecified atom stereocenters. The first-order chi connectivity index (χ1) is 26.8. The first-order valence-electron chi connectivity index (χ1n) is 18.7. The van der Waals surface area contributed by atoms with Crippen LogP contribution in [0.25, 0.3) is 55.6 Å². The van der Waals surface area contributed by atoms with E-state index in [0.717, 1.165) is 55.6 Å². The maximum absolute atomic E-state index is 9.09. The van der Waals surface area contributed by atoms with Gasteiger partial charge in [-0.15, -0.1) is 53.6 Å². The van der Waals surface area contributed by atoms with Crippen molar-refractivity contribution in [3.8, 4) is 33.6 Å². The number of benzene rings is 6. The van der Waals surface area contributed by atoms with Crippen molar-refractivity contribution < 1.29 is 25.9 Å². The van der Waals surface area contributed by atoms with E-state index < -0.39 is 5.89 Å². The van der Waals surface area contributed by atoms with Crippen LogP contribution in [-0.2, 0) is 25.5 Å². The van der Waals surface area contributed by atoms with Crippen molar-refractivity contribution in [3.63, 3.8) is 0 Å². The predicted octanol–water partition coefficient (Wildman–Crippen LogP) is 13.1. The molecule has 1 atom stereocenters. The molecule has 3 heterocycles. The van der Waals surface area contributed by atoms with E-state index in [-0.39, 0.29) is 25.5 Å². The van der Waals surface area contributed by atoms with Gasteiger partial charge in [-0.2, -0.15) is 0 Å². The van der Waals surface area contributed by atoms with E-state index in [9.17, 15) is 0 Å². The number of pyridine rings is 2. The quantitative estimate of drug-likeness (QED) is 0.150. The third kappa shape index (κ3) is 7.98. The third-order valence-electron chi connectivity index (χ3n) is 10.2. The summed E-state index contributed by atoms with van der Waals surface area (Å²) in [7, 11) is 0. The number of nitrogens with zero attached hydrogens (tertiary/aromatic N) is 2. The first kappa shape index (κ1) is 36.1. The zero-order valence-electron chi connectivity index (χ0n) is 32.0. The SMILES string of the molecule is [2H]C(C)(c1ccccc1)c1ccc2c(c1)oc1c(-c3cc(C(C)(C)c4ccccc4)ccn3)[c-]ccc12.[Ir].[c-]1ccc(-c2ccccc2)cc1-c1ccccn1. The summed E-state index contributed by atoms with van der Waals surface area (Å²) < 4.78 is 15.6. The summed E-state index contributed by atoms with van der Waals surface area (Å²) in [5, 5.41) is 2.05. The molecular weight excluding hydrogens is 849 g/mol.